The molecule has 0 radical (unpaired) electrons. The Hall–Kier alpha value is -2.26. The average Bonchev–Trinajstić information content (AvgIpc) is 2.74. The third-order valence-electron chi connectivity index (χ3n) is 5.42. The first-order chi connectivity index (χ1) is 14.0. The molecule has 2 aromatic rings. The Bertz CT molecular complexity index is 825. The van der Waals surface area contributed by atoms with Crippen LogP contribution in [-0.2, 0) is 23.8 Å². The summed E-state index contributed by atoms with van der Waals surface area (Å²) in [5.74, 6) is 0.0344. The van der Waals surface area contributed by atoms with Gasteiger partial charge in [-0.15, -0.1) is 0 Å². The van der Waals surface area contributed by atoms with Crippen LogP contribution >= 0.6 is 0 Å². The van der Waals surface area contributed by atoms with E-state index < -0.39 is 11.9 Å². The molecule has 9 heteroatoms. The molecule has 156 valence electrons. The molecule has 0 amide bonds. The molecule has 0 spiro atoms. The summed E-state index contributed by atoms with van der Waals surface area (Å²) >= 11 is 0. The molecule has 2 aromatic heterocycles. The summed E-state index contributed by atoms with van der Waals surface area (Å²) in [6, 6.07) is 5.58. The summed E-state index contributed by atoms with van der Waals surface area (Å²) in [6.07, 6.45) is -0.223. The molecule has 4 rings (SSSR count). The Labute approximate surface area is 167 Å². The number of hydrogen-bond acceptors (Lipinski definition) is 6. The van der Waals surface area contributed by atoms with E-state index in [2.05, 4.69) is 25.2 Å². The van der Waals surface area contributed by atoms with E-state index in [-0.39, 0.29) is 17.6 Å². The molecular formula is C20H24F3N5O. The number of nitrogens with zero attached hydrogens (tertiary/aromatic N) is 4. The second-order valence-electron chi connectivity index (χ2n) is 7.33. The fourth-order valence-electron chi connectivity index (χ4n) is 3.98. The molecule has 1 aliphatic heterocycles. The molecule has 2 aliphatic rings. The quantitative estimate of drug-likeness (QED) is 0.821. The molecular weight excluding hydrogens is 383 g/mol. The van der Waals surface area contributed by atoms with Gasteiger partial charge in [0, 0.05) is 37.1 Å². The number of ether oxygens (including phenoxy) is 1. The van der Waals surface area contributed by atoms with Gasteiger partial charge < -0.3 is 10.1 Å². The minimum Gasteiger partial charge on any atom is -0.379 e. The number of halogens is 3. The van der Waals surface area contributed by atoms with Gasteiger partial charge in [0.05, 0.1) is 24.9 Å². The first kappa shape index (κ1) is 20.0. The Morgan fingerprint density at radius 3 is 2.62 bits per heavy atom. The van der Waals surface area contributed by atoms with Gasteiger partial charge in [-0.1, -0.05) is 6.07 Å². The molecule has 0 saturated carbocycles. The minimum atomic E-state index is -4.48. The maximum atomic E-state index is 13.6. The maximum absolute atomic E-state index is 13.6. The molecule has 1 fully saturated rings. The van der Waals surface area contributed by atoms with E-state index in [0.29, 0.717) is 38.3 Å². The zero-order valence-corrected chi connectivity index (χ0v) is 16.1. The molecule has 1 unspecified atom stereocenters. The fraction of sp³-hybridized carbons (Fsp3) is 0.550. The predicted molar refractivity (Wildman–Crippen MR) is 102 cm³/mol. The highest BCUT2D eigenvalue weighted by Crippen LogP contribution is 2.35. The number of rotatable bonds is 5. The average molecular weight is 407 g/mol. The smallest absolute Gasteiger partial charge is 0.379 e. The zero-order valence-electron chi connectivity index (χ0n) is 16.1. The monoisotopic (exact) mass is 407 g/mol. The third kappa shape index (κ3) is 4.67. The van der Waals surface area contributed by atoms with Crippen molar-refractivity contribution in [2.75, 3.05) is 38.2 Å². The number of aryl methyl sites for hydroxylation is 1. The van der Waals surface area contributed by atoms with Gasteiger partial charge in [0.25, 0.3) is 0 Å². The number of morpholine rings is 1. The first-order valence-electron chi connectivity index (χ1n) is 9.96. The second kappa shape index (κ2) is 8.62. The molecule has 1 saturated heterocycles. The van der Waals surface area contributed by atoms with Crippen LogP contribution in [0, 0.1) is 0 Å². The SMILES string of the molecule is FC(F)(F)c1nc(NCC(c2ccccn2)N2CCOCC2)nc2c1CCCC2. The molecule has 0 bridgehead atoms. The first-order valence-corrected chi connectivity index (χ1v) is 9.96. The van der Waals surface area contributed by atoms with Gasteiger partial charge in [-0.3, -0.25) is 9.88 Å². The Balaban J connectivity index is 1.58. The van der Waals surface area contributed by atoms with Crippen molar-refractivity contribution in [1.82, 2.24) is 19.9 Å². The van der Waals surface area contributed by atoms with Gasteiger partial charge in [0.2, 0.25) is 5.95 Å². The third-order valence-corrected chi connectivity index (χ3v) is 5.42. The van der Waals surface area contributed by atoms with E-state index in [1.807, 2.05) is 18.2 Å². The highest BCUT2D eigenvalue weighted by Gasteiger charge is 2.38. The van der Waals surface area contributed by atoms with Gasteiger partial charge in [0.15, 0.2) is 5.69 Å². The topological polar surface area (TPSA) is 63.2 Å². The van der Waals surface area contributed by atoms with Gasteiger partial charge in [-0.2, -0.15) is 13.2 Å². The summed E-state index contributed by atoms with van der Waals surface area (Å²) in [7, 11) is 0. The van der Waals surface area contributed by atoms with E-state index in [0.717, 1.165) is 31.6 Å². The summed E-state index contributed by atoms with van der Waals surface area (Å²) < 4.78 is 46.1. The van der Waals surface area contributed by atoms with Crippen LogP contribution in [0.2, 0.25) is 0 Å². The van der Waals surface area contributed by atoms with E-state index in [9.17, 15) is 13.2 Å². The fourth-order valence-corrected chi connectivity index (χ4v) is 3.98. The summed E-state index contributed by atoms with van der Waals surface area (Å²) in [5, 5.41) is 3.06. The normalized spacial score (nSPS) is 18.9. The highest BCUT2D eigenvalue weighted by molar-refractivity contribution is 5.38. The van der Waals surface area contributed by atoms with Crippen molar-refractivity contribution >= 4 is 5.95 Å². The minimum absolute atomic E-state index is 0.0344. The van der Waals surface area contributed by atoms with Gasteiger partial charge in [-0.05, 0) is 37.8 Å². The van der Waals surface area contributed by atoms with E-state index in [1.165, 1.54) is 0 Å². The number of hydrogen-bond donors (Lipinski definition) is 1. The lowest BCUT2D eigenvalue weighted by molar-refractivity contribution is -0.142. The summed E-state index contributed by atoms with van der Waals surface area (Å²) in [5.41, 5.74) is 0.826. The van der Waals surface area contributed by atoms with Crippen molar-refractivity contribution in [1.29, 1.82) is 0 Å². The lowest BCUT2D eigenvalue weighted by Gasteiger charge is -2.34. The van der Waals surface area contributed by atoms with Gasteiger partial charge in [-0.25, -0.2) is 9.97 Å². The zero-order chi connectivity index (χ0) is 20.3. The lowest BCUT2D eigenvalue weighted by Crippen LogP contribution is -2.42. The Morgan fingerprint density at radius 2 is 1.90 bits per heavy atom. The molecule has 1 atom stereocenters. The van der Waals surface area contributed by atoms with Crippen LogP contribution in [0.15, 0.2) is 24.4 Å². The van der Waals surface area contributed by atoms with Crippen molar-refractivity contribution in [2.24, 2.45) is 0 Å². The predicted octanol–water partition coefficient (Wildman–Crippen LogP) is 3.25. The van der Waals surface area contributed by atoms with Crippen molar-refractivity contribution in [3.63, 3.8) is 0 Å². The molecule has 3 heterocycles. The van der Waals surface area contributed by atoms with Crippen LogP contribution < -0.4 is 5.32 Å². The second-order valence-corrected chi connectivity index (χ2v) is 7.33. The van der Waals surface area contributed by atoms with E-state index in [4.69, 9.17) is 4.74 Å². The van der Waals surface area contributed by atoms with Gasteiger partial charge >= 0.3 is 6.18 Å². The number of nitrogens with one attached hydrogen (secondary N) is 1. The van der Waals surface area contributed by atoms with Crippen LogP contribution in [0.4, 0.5) is 19.1 Å². The Kier molecular flexibility index (Phi) is 5.96. The van der Waals surface area contributed by atoms with Crippen LogP contribution in [-0.4, -0.2) is 52.7 Å². The van der Waals surface area contributed by atoms with Crippen LogP contribution in [0.1, 0.15) is 41.5 Å². The van der Waals surface area contributed by atoms with Crippen LogP contribution in [0.5, 0.6) is 0 Å². The Morgan fingerprint density at radius 1 is 1.10 bits per heavy atom. The lowest BCUT2D eigenvalue weighted by atomic mass is 9.94. The van der Waals surface area contributed by atoms with Gasteiger partial charge in [0.1, 0.15) is 0 Å². The molecule has 29 heavy (non-hydrogen) atoms. The van der Waals surface area contributed by atoms with Crippen molar-refractivity contribution in [3.05, 3.63) is 47.0 Å². The number of alkyl halides is 3. The van der Waals surface area contributed by atoms with Crippen LogP contribution in [0.3, 0.4) is 0 Å². The summed E-state index contributed by atoms with van der Waals surface area (Å²) in [6.45, 7) is 3.09. The van der Waals surface area contributed by atoms with Crippen molar-refractivity contribution in [3.8, 4) is 0 Å². The van der Waals surface area contributed by atoms with E-state index in [1.54, 1.807) is 6.20 Å². The van der Waals surface area contributed by atoms with Crippen molar-refractivity contribution < 1.29 is 17.9 Å². The largest absolute Gasteiger partial charge is 0.433 e. The number of anilines is 1. The number of aromatic nitrogens is 3. The number of pyridine rings is 1. The van der Waals surface area contributed by atoms with Crippen molar-refractivity contribution in [2.45, 2.75) is 37.9 Å². The summed E-state index contributed by atoms with van der Waals surface area (Å²) in [4.78, 5) is 14.9. The van der Waals surface area contributed by atoms with Crippen LogP contribution in [0.25, 0.3) is 0 Å². The molecule has 1 aliphatic carbocycles. The van der Waals surface area contributed by atoms with E-state index >= 15 is 0 Å². The molecule has 0 aromatic carbocycles. The molecule has 1 N–H and O–H groups in total. The number of fused-ring (bicyclic) bond motifs is 1. The highest BCUT2D eigenvalue weighted by atomic mass is 19.4. The standard InChI is InChI=1S/C20H24F3N5O/c21-20(22,23)18-14-5-1-2-6-15(14)26-19(27-18)25-13-17(16-7-3-4-8-24-16)28-9-11-29-12-10-28/h3-4,7-8,17H,1-2,5-6,9-13H2,(H,25,26,27). The maximum Gasteiger partial charge on any atom is 0.433 e. The molecule has 6 nitrogen and oxygen atoms in total.